The lowest BCUT2D eigenvalue weighted by molar-refractivity contribution is -0.118. The Kier molecular flexibility index (Phi) is 13.4. The molecule has 3 amide bonds. The van der Waals surface area contributed by atoms with Gasteiger partial charge in [0.1, 0.15) is 23.9 Å². The summed E-state index contributed by atoms with van der Waals surface area (Å²) in [7, 11) is 1.57. The van der Waals surface area contributed by atoms with E-state index in [-0.39, 0.29) is 19.6 Å². The molecule has 0 spiro atoms. The van der Waals surface area contributed by atoms with Gasteiger partial charge in [-0.25, -0.2) is 14.4 Å². The highest BCUT2D eigenvalue weighted by Crippen LogP contribution is 2.17. The first-order valence-electron chi connectivity index (χ1n) is 13.9. The van der Waals surface area contributed by atoms with Crippen molar-refractivity contribution in [3.8, 4) is 0 Å². The number of ether oxygens (including phenoxy) is 5. The van der Waals surface area contributed by atoms with Crippen molar-refractivity contribution >= 4 is 35.4 Å². The predicted octanol–water partition coefficient (Wildman–Crippen LogP) is 4.93. The van der Waals surface area contributed by atoms with Crippen LogP contribution in [0.2, 0.25) is 0 Å². The Bertz CT molecular complexity index is 1200. The molecule has 43 heavy (non-hydrogen) atoms. The van der Waals surface area contributed by atoms with Gasteiger partial charge in [0, 0.05) is 24.9 Å². The molecule has 0 aromatic heterocycles. The number of esters is 1. The Morgan fingerprint density at radius 3 is 1.84 bits per heavy atom. The molecule has 2 rings (SSSR count). The smallest absolute Gasteiger partial charge is 0.411 e. The van der Waals surface area contributed by atoms with Crippen LogP contribution in [-0.4, -0.2) is 74.8 Å². The molecule has 12 heteroatoms. The summed E-state index contributed by atoms with van der Waals surface area (Å²) in [5, 5.41) is 8.01. The van der Waals surface area contributed by atoms with Crippen LogP contribution in [0, 0.1) is 0 Å². The second-order valence-corrected chi connectivity index (χ2v) is 11.5. The van der Waals surface area contributed by atoms with E-state index in [9.17, 15) is 19.2 Å². The average molecular weight is 602 g/mol. The van der Waals surface area contributed by atoms with Gasteiger partial charge < -0.3 is 34.3 Å². The number of methoxy groups -OCH3 is 1. The van der Waals surface area contributed by atoms with Crippen LogP contribution in [0.5, 0.6) is 0 Å². The highest BCUT2D eigenvalue weighted by atomic mass is 16.6. The van der Waals surface area contributed by atoms with Crippen LogP contribution in [0.3, 0.4) is 0 Å². The molecule has 0 aliphatic heterocycles. The molecule has 0 radical (unpaired) electrons. The zero-order valence-electron chi connectivity index (χ0n) is 25.9. The molecule has 0 aliphatic rings. The molecule has 2 aromatic carbocycles. The number of carbonyl (C=O) groups excluding carboxylic acids is 4. The number of hydrogen-bond acceptors (Lipinski definition) is 9. The van der Waals surface area contributed by atoms with Gasteiger partial charge in [-0.05, 0) is 83.5 Å². The minimum absolute atomic E-state index is 0.0878. The maximum absolute atomic E-state index is 13.3. The van der Waals surface area contributed by atoms with E-state index in [0.29, 0.717) is 35.7 Å². The van der Waals surface area contributed by atoms with E-state index in [1.807, 2.05) is 0 Å². The first-order valence-corrected chi connectivity index (χ1v) is 13.9. The van der Waals surface area contributed by atoms with Gasteiger partial charge in [0.2, 0.25) is 5.91 Å². The third kappa shape index (κ3) is 14.5. The van der Waals surface area contributed by atoms with Crippen LogP contribution < -0.4 is 16.0 Å². The Balaban J connectivity index is 2.04. The third-order valence-corrected chi connectivity index (χ3v) is 5.33. The van der Waals surface area contributed by atoms with Gasteiger partial charge in [-0.3, -0.25) is 10.1 Å². The lowest BCUT2D eigenvalue weighted by Gasteiger charge is -2.23. The number of benzene rings is 2. The first kappa shape index (κ1) is 35.0. The lowest BCUT2D eigenvalue weighted by atomic mass is 10.0. The van der Waals surface area contributed by atoms with Crippen LogP contribution in [0.25, 0.3) is 0 Å². The number of carbonyl (C=O) groups is 4. The first-order chi connectivity index (χ1) is 20.1. The van der Waals surface area contributed by atoms with Gasteiger partial charge in [0.05, 0.1) is 25.4 Å². The highest BCUT2D eigenvalue weighted by Gasteiger charge is 2.25. The van der Waals surface area contributed by atoms with Crippen molar-refractivity contribution in [3.63, 3.8) is 0 Å². The molecule has 0 fully saturated rings. The van der Waals surface area contributed by atoms with E-state index in [1.54, 1.807) is 97.2 Å². The summed E-state index contributed by atoms with van der Waals surface area (Å²) in [5.41, 5.74) is 0.560. The molecule has 0 bridgehead atoms. The van der Waals surface area contributed by atoms with Crippen molar-refractivity contribution in [2.24, 2.45) is 0 Å². The van der Waals surface area contributed by atoms with Crippen LogP contribution in [0.4, 0.5) is 21.0 Å². The summed E-state index contributed by atoms with van der Waals surface area (Å²) >= 11 is 0. The van der Waals surface area contributed by atoms with E-state index in [2.05, 4.69) is 16.0 Å². The van der Waals surface area contributed by atoms with E-state index in [4.69, 9.17) is 23.7 Å². The predicted molar refractivity (Wildman–Crippen MR) is 161 cm³/mol. The molecule has 0 heterocycles. The molecule has 236 valence electrons. The van der Waals surface area contributed by atoms with E-state index >= 15 is 0 Å². The fraction of sp³-hybridized carbons (Fsp3) is 0.484. The maximum atomic E-state index is 13.3. The normalized spacial score (nSPS) is 12.1. The van der Waals surface area contributed by atoms with Crippen molar-refractivity contribution in [2.45, 2.75) is 65.2 Å². The molecular formula is C31H43N3O9. The van der Waals surface area contributed by atoms with Gasteiger partial charge in [-0.15, -0.1) is 0 Å². The standard InChI is InChI=1S/C31H43N3O9/c1-30(2,3)42-27(36)22-10-14-23(15-11-22)32-26(35)25(34-29(38)43-31(4,5)6)20-21-8-12-24(13-9-21)33-28(37)41-19-18-40-17-16-39-7/h8-15,25H,16-20H2,1-7H3,(H,32,35)(H,33,37)(H,34,38)/t25-/m0/s1. The van der Waals surface area contributed by atoms with Crippen molar-refractivity contribution in [1.29, 1.82) is 0 Å². The summed E-state index contributed by atoms with van der Waals surface area (Å²) in [4.78, 5) is 50.1. The van der Waals surface area contributed by atoms with E-state index in [0.717, 1.165) is 0 Å². The Labute approximate surface area is 252 Å². The summed E-state index contributed by atoms with van der Waals surface area (Å²) in [6, 6.07) is 12.0. The van der Waals surface area contributed by atoms with Crippen molar-refractivity contribution in [1.82, 2.24) is 5.32 Å². The number of hydrogen-bond donors (Lipinski definition) is 3. The second-order valence-electron chi connectivity index (χ2n) is 11.5. The SMILES string of the molecule is COCCOCCOC(=O)Nc1ccc(C[C@H](NC(=O)OC(C)(C)C)C(=O)Nc2ccc(C(=O)OC(C)(C)C)cc2)cc1. The zero-order valence-corrected chi connectivity index (χ0v) is 25.9. The molecule has 0 unspecified atom stereocenters. The van der Waals surface area contributed by atoms with Crippen molar-refractivity contribution < 1.29 is 42.9 Å². The summed E-state index contributed by atoms with van der Waals surface area (Å²) in [5.74, 6) is -0.970. The Morgan fingerprint density at radius 2 is 1.26 bits per heavy atom. The number of rotatable bonds is 13. The maximum Gasteiger partial charge on any atom is 0.411 e. The Morgan fingerprint density at radius 1 is 0.698 bits per heavy atom. The second kappa shape index (κ2) is 16.5. The molecule has 2 aromatic rings. The van der Waals surface area contributed by atoms with Crippen molar-refractivity contribution in [3.05, 3.63) is 59.7 Å². The minimum atomic E-state index is -0.998. The molecule has 0 aliphatic carbocycles. The van der Waals surface area contributed by atoms with Gasteiger partial charge in [-0.1, -0.05) is 12.1 Å². The quantitative estimate of drug-likeness (QED) is 0.165. The molecule has 12 nitrogen and oxygen atoms in total. The van der Waals surface area contributed by atoms with Crippen LogP contribution >= 0.6 is 0 Å². The van der Waals surface area contributed by atoms with Crippen LogP contribution in [-0.2, 0) is 34.9 Å². The molecule has 3 N–H and O–H groups in total. The largest absolute Gasteiger partial charge is 0.456 e. The van der Waals surface area contributed by atoms with Gasteiger partial charge in [0.15, 0.2) is 0 Å². The van der Waals surface area contributed by atoms with E-state index in [1.165, 1.54) is 0 Å². The van der Waals surface area contributed by atoms with Gasteiger partial charge >= 0.3 is 18.2 Å². The number of nitrogens with one attached hydrogen (secondary N) is 3. The highest BCUT2D eigenvalue weighted by molar-refractivity contribution is 5.97. The number of anilines is 2. The number of amides is 3. The van der Waals surface area contributed by atoms with Crippen LogP contribution in [0.15, 0.2) is 48.5 Å². The fourth-order valence-corrected chi connectivity index (χ4v) is 3.47. The van der Waals surface area contributed by atoms with Crippen molar-refractivity contribution in [2.75, 3.05) is 44.2 Å². The number of alkyl carbamates (subject to hydrolysis) is 1. The summed E-state index contributed by atoms with van der Waals surface area (Å²) in [6.07, 6.45) is -1.25. The van der Waals surface area contributed by atoms with Crippen LogP contribution in [0.1, 0.15) is 57.5 Å². The molecule has 0 saturated heterocycles. The fourth-order valence-electron chi connectivity index (χ4n) is 3.47. The molecular weight excluding hydrogens is 558 g/mol. The van der Waals surface area contributed by atoms with E-state index < -0.39 is 41.3 Å². The average Bonchev–Trinajstić information content (AvgIpc) is 2.89. The zero-order chi connectivity index (χ0) is 32.0. The molecule has 0 saturated carbocycles. The van der Waals surface area contributed by atoms with Gasteiger partial charge in [-0.2, -0.15) is 0 Å². The molecule has 1 atom stereocenters. The monoisotopic (exact) mass is 601 g/mol. The third-order valence-electron chi connectivity index (χ3n) is 5.33. The minimum Gasteiger partial charge on any atom is -0.456 e. The Hall–Kier alpha value is -4.16. The van der Waals surface area contributed by atoms with Gasteiger partial charge in [0.25, 0.3) is 0 Å². The lowest BCUT2D eigenvalue weighted by Crippen LogP contribution is -2.47. The summed E-state index contributed by atoms with van der Waals surface area (Å²) < 4.78 is 25.9. The summed E-state index contributed by atoms with van der Waals surface area (Å²) in [6.45, 7) is 11.7. The topological polar surface area (TPSA) is 151 Å².